The second kappa shape index (κ2) is 8.36. The van der Waals surface area contributed by atoms with Crippen molar-refractivity contribution in [2.24, 2.45) is 5.92 Å². The Hall–Kier alpha value is -1.11. The van der Waals surface area contributed by atoms with E-state index in [1.54, 1.807) is 11.9 Å². The van der Waals surface area contributed by atoms with Crippen molar-refractivity contribution in [3.63, 3.8) is 0 Å². The van der Waals surface area contributed by atoms with Gasteiger partial charge in [-0.25, -0.2) is 0 Å². The average molecular weight is 333 g/mol. The van der Waals surface area contributed by atoms with E-state index < -0.39 is 6.04 Å². The number of halogens is 1. The Kier molecular flexibility index (Phi) is 7.14. The van der Waals surface area contributed by atoms with Crippen LogP contribution in [0.1, 0.15) is 18.7 Å². The molecule has 0 aliphatic carbocycles. The molecule has 0 spiro atoms. The predicted octanol–water partition coefficient (Wildman–Crippen LogP) is 2.15. The van der Waals surface area contributed by atoms with E-state index in [0.717, 1.165) is 4.88 Å². The summed E-state index contributed by atoms with van der Waals surface area (Å²) < 4.78 is 5.43. The Bertz CT molecular complexity index is 490. The number of ether oxygens (including phenoxy) is 1. The van der Waals surface area contributed by atoms with Crippen molar-refractivity contribution in [2.45, 2.75) is 26.4 Å². The van der Waals surface area contributed by atoms with Gasteiger partial charge in [0.2, 0.25) is 5.91 Å². The van der Waals surface area contributed by atoms with Crippen LogP contribution in [0.25, 0.3) is 0 Å². The number of hydrogen-bond acceptors (Lipinski definition) is 5. The van der Waals surface area contributed by atoms with Crippen LogP contribution in [0.3, 0.4) is 0 Å². The normalized spacial score (nSPS) is 12.3. The molecule has 1 aromatic rings. The molecular weight excluding hydrogens is 312 g/mol. The van der Waals surface area contributed by atoms with Crippen LogP contribution in [0.15, 0.2) is 12.1 Å². The number of amides is 1. The van der Waals surface area contributed by atoms with Gasteiger partial charge < -0.3 is 9.64 Å². The summed E-state index contributed by atoms with van der Waals surface area (Å²) in [5.41, 5.74) is 0. The Morgan fingerprint density at radius 2 is 2.10 bits per heavy atom. The van der Waals surface area contributed by atoms with E-state index in [4.69, 9.17) is 16.3 Å². The van der Waals surface area contributed by atoms with Crippen LogP contribution in [0, 0.1) is 5.92 Å². The molecule has 0 radical (unpaired) electrons. The molecule has 0 saturated carbocycles. The molecule has 1 heterocycles. The maximum Gasteiger partial charge on any atom is 0.323 e. The third kappa shape index (κ3) is 5.65. The zero-order valence-corrected chi connectivity index (χ0v) is 14.3. The number of nitrogens with zero attached hydrogens (tertiary/aromatic N) is 1. The summed E-state index contributed by atoms with van der Waals surface area (Å²) >= 11 is 7.31. The van der Waals surface area contributed by atoms with Crippen LogP contribution in [-0.4, -0.2) is 43.5 Å². The lowest BCUT2D eigenvalue weighted by molar-refractivity contribution is -0.144. The lowest BCUT2D eigenvalue weighted by atomic mass is 10.0. The lowest BCUT2D eigenvalue weighted by Gasteiger charge is -2.22. The Morgan fingerprint density at radius 3 is 2.57 bits per heavy atom. The summed E-state index contributed by atoms with van der Waals surface area (Å²) in [6, 6.07) is 3.23. The number of thiophene rings is 1. The first-order valence-corrected chi connectivity index (χ1v) is 7.84. The van der Waals surface area contributed by atoms with Gasteiger partial charge in [-0.05, 0) is 18.1 Å². The van der Waals surface area contributed by atoms with Crippen molar-refractivity contribution in [1.82, 2.24) is 10.2 Å². The fraction of sp³-hybridized carbons (Fsp3) is 0.571. The maximum absolute atomic E-state index is 12.1. The van der Waals surface area contributed by atoms with Gasteiger partial charge in [-0.1, -0.05) is 25.4 Å². The third-order valence-corrected chi connectivity index (χ3v) is 4.26. The van der Waals surface area contributed by atoms with E-state index in [-0.39, 0.29) is 24.3 Å². The molecular formula is C14H21ClN2O3S. The fourth-order valence-corrected chi connectivity index (χ4v) is 2.95. The van der Waals surface area contributed by atoms with Gasteiger partial charge in [-0.15, -0.1) is 11.3 Å². The van der Waals surface area contributed by atoms with E-state index in [0.29, 0.717) is 10.9 Å². The van der Waals surface area contributed by atoms with Gasteiger partial charge >= 0.3 is 5.97 Å². The number of rotatable bonds is 7. The quantitative estimate of drug-likeness (QED) is 0.777. The topological polar surface area (TPSA) is 58.6 Å². The molecule has 0 fully saturated rings. The highest BCUT2D eigenvalue weighted by molar-refractivity contribution is 7.16. The summed E-state index contributed by atoms with van der Waals surface area (Å²) in [6.45, 7) is 4.39. The summed E-state index contributed by atoms with van der Waals surface area (Å²) in [5.74, 6) is -0.397. The van der Waals surface area contributed by atoms with Crippen molar-refractivity contribution < 1.29 is 14.3 Å². The van der Waals surface area contributed by atoms with Gasteiger partial charge in [0, 0.05) is 11.9 Å². The average Bonchev–Trinajstić information content (AvgIpc) is 2.83. The summed E-state index contributed by atoms with van der Waals surface area (Å²) in [4.78, 5) is 26.3. The van der Waals surface area contributed by atoms with Crippen LogP contribution in [0.2, 0.25) is 4.34 Å². The largest absolute Gasteiger partial charge is 0.468 e. The minimum Gasteiger partial charge on any atom is -0.468 e. The molecule has 1 N–H and O–H groups in total. The molecule has 1 aromatic heterocycles. The molecule has 1 atom stereocenters. The number of carbonyl (C=O) groups excluding carboxylic acids is 2. The number of hydrogen-bond donors (Lipinski definition) is 1. The first-order valence-electron chi connectivity index (χ1n) is 6.64. The molecule has 0 aliphatic rings. The highest BCUT2D eigenvalue weighted by atomic mass is 35.5. The first-order chi connectivity index (χ1) is 9.85. The predicted molar refractivity (Wildman–Crippen MR) is 84.4 cm³/mol. The Morgan fingerprint density at radius 1 is 1.43 bits per heavy atom. The van der Waals surface area contributed by atoms with E-state index in [2.05, 4.69) is 5.32 Å². The monoisotopic (exact) mass is 332 g/mol. The van der Waals surface area contributed by atoms with Gasteiger partial charge in [0.05, 0.1) is 24.5 Å². The van der Waals surface area contributed by atoms with Crippen LogP contribution in [0.5, 0.6) is 0 Å². The van der Waals surface area contributed by atoms with Gasteiger partial charge in [-0.2, -0.15) is 0 Å². The van der Waals surface area contributed by atoms with Gasteiger partial charge in [0.25, 0.3) is 0 Å². The van der Waals surface area contributed by atoms with E-state index >= 15 is 0 Å². The third-order valence-electron chi connectivity index (χ3n) is 3.04. The van der Waals surface area contributed by atoms with Crippen molar-refractivity contribution in [3.8, 4) is 0 Å². The van der Waals surface area contributed by atoms with E-state index in [1.165, 1.54) is 18.4 Å². The maximum atomic E-state index is 12.1. The van der Waals surface area contributed by atoms with Gasteiger partial charge in [-0.3, -0.25) is 14.9 Å². The Balaban J connectivity index is 2.49. The standard InChI is InChI=1S/C14H21ClN2O3S/c1-9(2)13(14(19)20-4)16-7-12(18)17(3)8-10-5-6-11(15)21-10/h5-6,9,13,16H,7-8H2,1-4H3. The van der Waals surface area contributed by atoms with Crippen molar-refractivity contribution in [1.29, 1.82) is 0 Å². The number of esters is 1. The molecule has 118 valence electrons. The highest BCUT2D eigenvalue weighted by Gasteiger charge is 2.23. The molecule has 0 aliphatic heterocycles. The zero-order chi connectivity index (χ0) is 16.0. The molecule has 1 unspecified atom stereocenters. The van der Waals surface area contributed by atoms with Crippen LogP contribution >= 0.6 is 22.9 Å². The number of nitrogens with one attached hydrogen (secondary N) is 1. The minimum absolute atomic E-state index is 0.0478. The first kappa shape index (κ1) is 17.9. The summed E-state index contributed by atoms with van der Waals surface area (Å²) in [5, 5.41) is 2.95. The van der Waals surface area contributed by atoms with Gasteiger partial charge in [0.1, 0.15) is 6.04 Å². The van der Waals surface area contributed by atoms with Gasteiger partial charge in [0.15, 0.2) is 0 Å². The number of methoxy groups -OCH3 is 1. The van der Waals surface area contributed by atoms with Crippen molar-refractivity contribution >= 4 is 34.8 Å². The molecule has 1 amide bonds. The Labute approximate surface area is 134 Å². The second-order valence-corrected chi connectivity index (χ2v) is 6.88. The van der Waals surface area contributed by atoms with Crippen LogP contribution in [0.4, 0.5) is 0 Å². The highest BCUT2D eigenvalue weighted by Crippen LogP contribution is 2.22. The zero-order valence-electron chi connectivity index (χ0n) is 12.7. The minimum atomic E-state index is -0.483. The molecule has 0 bridgehead atoms. The van der Waals surface area contributed by atoms with Crippen LogP contribution in [-0.2, 0) is 20.9 Å². The summed E-state index contributed by atoms with van der Waals surface area (Å²) in [6.07, 6.45) is 0. The molecule has 5 nitrogen and oxygen atoms in total. The number of likely N-dealkylation sites (N-methyl/N-ethyl adjacent to an activating group) is 1. The molecule has 0 aromatic carbocycles. The van der Waals surface area contributed by atoms with E-state index in [9.17, 15) is 9.59 Å². The molecule has 7 heteroatoms. The smallest absolute Gasteiger partial charge is 0.323 e. The number of carbonyl (C=O) groups is 2. The summed E-state index contributed by atoms with van der Waals surface area (Å²) in [7, 11) is 3.06. The fourth-order valence-electron chi connectivity index (χ4n) is 1.81. The molecule has 21 heavy (non-hydrogen) atoms. The van der Waals surface area contributed by atoms with E-state index in [1.807, 2.05) is 26.0 Å². The van der Waals surface area contributed by atoms with Crippen molar-refractivity contribution in [2.75, 3.05) is 20.7 Å². The lowest BCUT2D eigenvalue weighted by Crippen LogP contribution is -2.46. The second-order valence-electron chi connectivity index (χ2n) is 5.08. The van der Waals surface area contributed by atoms with Crippen molar-refractivity contribution in [3.05, 3.63) is 21.3 Å². The molecule has 1 rings (SSSR count). The van der Waals surface area contributed by atoms with Crippen LogP contribution < -0.4 is 5.32 Å². The molecule has 0 saturated heterocycles. The SMILES string of the molecule is COC(=O)C(NCC(=O)N(C)Cc1ccc(Cl)s1)C(C)C.